The Balaban J connectivity index is 1.34. The van der Waals surface area contributed by atoms with Crippen molar-refractivity contribution in [1.82, 2.24) is 19.7 Å². The minimum atomic E-state index is -2.95. The molecule has 174 valence electrons. The van der Waals surface area contributed by atoms with E-state index in [1.807, 2.05) is 0 Å². The van der Waals surface area contributed by atoms with Gasteiger partial charge in [0.25, 0.3) is 0 Å². The van der Waals surface area contributed by atoms with Gasteiger partial charge in [-0.15, -0.1) is 0 Å². The Labute approximate surface area is 186 Å². The van der Waals surface area contributed by atoms with Crippen LogP contribution in [0.3, 0.4) is 0 Å². The van der Waals surface area contributed by atoms with Gasteiger partial charge < -0.3 is 15.2 Å². The standard InChI is InChI=1S/C23H31F2N5O2/c1-12(2)30-19(9-18(28-30)13-6-20(32-23(24)25)22(26)27-10-13)21-16-7-14(8-17(16)21)29-5-4-15(11-29)31-3/h6,9-10,12,14-17,21,23H,4-5,7-8,11H2,1-3H3,(H2,26,27)/t14?,15-,16?,17?,21?/m0/s1. The summed E-state index contributed by atoms with van der Waals surface area (Å²) in [5, 5.41) is 4.80. The molecule has 2 unspecified atom stereocenters. The summed E-state index contributed by atoms with van der Waals surface area (Å²) in [6.45, 7) is 3.46. The highest BCUT2D eigenvalue weighted by atomic mass is 19.3. The number of alkyl halides is 2. The minimum absolute atomic E-state index is 0.0574. The second kappa shape index (κ2) is 8.26. The van der Waals surface area contributed by atoms with Crippen LogP contribution in [0.1, 0.15) is 50.8 Å². The molecule has 2 aliphatic carbocycles. The van der Waals surface area contributed by atoms with Crippen molar-refractivity contribution in [3.05, 3.63) is 24.0 Å². The largest absolute Gasteiger partial charge is 0.431 e. The van der Waals surface area contributed by atoms with Crippen molar-refractivity contribution in [2.24, 2.45) is 11.8 Å². The van der Waals surface area contributed by atoms with Gasteiger partial charge in [-0.3, -0.25) is 9.58 Å². The Morgan fingerprint density at radius 3 is 2.56 bits per heavy atom. The number of hydrogen-bond donors (Lipinski definition) is 1. The van der Waals surface area contributed by atoms with Gasteiger partial charge in [-0.1, -0.05) is 0 Å². The van der Waals surface area contributed by atoms with E-state index < -0.39 is 6.61 Å². The fourth-order valence-electron chi connectivity index (χ4n) is 5.83. The lowest BCUT2D eigenvalue weighted by atomic mass is 10.0. The van der Waals surface area contributed by atoms with E-state index in [4.69, 9.17) is 15.6 Å². The predicted octanol–water partition coefficient (Wildman–Crippen LogP) is 3.92. The van der Waals surface area contributed by atoms with Gasteiger partial charge in [0.05, 0.1) is 11.8 Å². The maximum absolute atomic E-state index is 12.7. The lowest BCUT2D eigenvalue weighted by Crippen LogP contribution is -2.33. The molecule has 32 heavy (non-hydrogen) atoms. The number of halogens is 2. The first-order valence-corrected chi connectivity index (χ1v) is 11.4. The van der Waals surface area contributed by atoms with Crippen LogP contribution in [-0.2, 0) is 4.74 Å². The zero-order valence-electron chi connectivity index (χ0n) is 18.7. The van der Waals surface area contributed by atoms with Gasteiger partial charge in [0.1, 0.15) is 0 Å². The minimum Gasteiger partial charge on any atom is -0.431 e. The number of nitrogen functional groups attached to an aromatic ring is 1. The van der Waals surface area contributed by atoms with Crippen molar-refractivity contribution in [3.8, 4) is 17.0 Å². The van der Waals surface area contributed by atoms with E-state index >= 15 is 0 Å². The molecule has 3 fully saturated rings. The van der Waals surface area contributed by atoms with Gasteiger partial charge in [0.15, 0.2) is 11.6 Å². The van der Waals surface area contributed by atoms with Crippen LogP contribution in [0.25, 0.3) is 11.3 Å². The molecular weight excluding hydrogens is 416 g/mol. The first-order valence-electron chi connectivity index (χ1n) is 11.4. The number of hydrogen-bond acceptors (Lipinski definition) is 6. The fraction of sp³-hybridized carbons (Fsp3) is 0.652. The highest BCUT2D eigenvalue weighted by molar-refractivity contribution is 5.64. The smallest absolute Gasteiger partial charge is 0.387 e. The second-order valence-corrected chi connectivity index (χ2v) is 9.60. The van der Waals surface area contributed by atoms with Crippen molar-refractivity contribution in [2.45, 2.75) is 63.8 Å². The van der Waals surface area contributed by atoms with Crippen LogP contribution in [0.4, 0.5) is 14.6 Å². The van der Waals surface area contributed by atoms with E-state index in [9.17, 15) is 8.78 Å². The fourth-order valence-corrected chi connectivity index (χ4v) is 5.83. The van der Waals surface area contributed by atoms with Gasteiger partial charge in [-0.25, -0.2) is 4.98 Å². The van der Waals surface area contributed by atoms with Gasteiger partial charge in [-0.05, 0) is 57.1 Å². The molecule has 0 amide bonds. The molecule has 9 heteroatoms. The summed E-state index contributed by atoms with van der Waals surface area (Å²) in [6, 6.07) is 4.45. The zero-order valence-corrected chi connectivity index (χ0v) is 18.7. The van der Waals surface area contributed by atoms with Crippen LogP contribution in [0.2, 0.25) is 0 Å². The molecular formula is C23H31F2N5O2. The molecule has 0 aromatic carbocycles. The van der Waals surface area contributed by atoms with E-state index in [0.29, 0.717) is 41.2 Å². The lowest BCUT2D eigenvalue weighted by molar-refractivity contribution is -0.0494. The molecule has 2 saturated carbocycles. The van der Waals surface area contributed by atoms with Crippen molar-refractivity contribution in [3.63, 3.8) is 0 Å². The number of nitrogens with zero attached hydrogens (tertiary/aromatic N) is 4. The molecule has 7 nitrogen and oxygen atoms in total. The third kappa shape index (κ3) is 3.85. The van der Waals surface area contributed by atoms with E-state index in [-0.39, 0.29) is 17.6 Å². The third-order valence-corrected chi connectivity index (χ3v) is 7.44. The highest BCUT2D eigenvalue weighted by Crippen LogP contribution is 2.64. The maximum atomic E-state index is 12.7. The van der Waals surface area contributed by atoms with Gasteiger partial charge in [-0.2, -0.15) is 13.9 Å². The van der Waals surface area contributed by atoms with E-state index in [1.165, 1.54) is 24.6 Å². The van der Waals surface area contributed by atoms with Crippen LogP contribution in [0.15, 0.2) is 18.3 Å². The van der Waals surface area contributed by atoms with Gasteiger partial charge in [0.2, 0.25) is 0 Å². The molecule has 0 radical (unpaired) electrons. The van der Waals surface area contributed by atoms with Gasteiger partial charge in [0, 0.05) is 55.7 Å². The van der Waals surface area contributed by atoms with Crippen molar-refractivity contribution in [1.29, 1.82) is 0 Å². The summed E-state index contributed by atoms with van der Waals surface area (Å²) in [6.07, 6.45) is 5.51. The van der Waals surface area contributed by atoms with Crippen LogP contribution in [0, 0.1) is 11.8 Å². The second-order valence-electron chi connectivity index (χ2n) is 9.60. The molecule has 0 spiro atoms. The highest BCUT2D eigenvalue weighted by Gasteiger charge is 2.59. The molecule has 3 atom stereocenters. The number of fused-ring (bicyclic) bond motifs is 1. The Bertz CT molecular complexity index is 969. The monoisotopic (exact) mass is 447 g/mol. The summed E-state index contributed by atoms with van der Waals surface area (Å²) < 4.78 is 37.5. The quantitative estimate of drug-likeness (QED) is 0.693. The van der Waals surface area contributed by atoms with Crippen LogP contribution in [-0.4, -0.2) is 58.6 Å². The molecule has 2 aromatic heterocycles. The van der Waals surface area contributed by atoms with Crippen LogP contribution >= 0.6 is 0 Å². The summed E-state index contributed by atoms with van der Waals surface area (Å²) in [7, 11) is 1.81. The predicted molar refractivity (Wildman–Crippen MR) is 117 cm³/mol. The first-order chi connectivity index (χ1) is 15.4. The van der Waals surface area contributed by atoms with E-state index in [2.05, 4.69) is 39.2 Å². The normalized spacial score (nSPS) is 29.8. The molecule has 1 saturated heterocycles. The summed E-state index contributed by atoms with van der Waals surface area (Å²) in [5.41, 5.74) is 8.26. The topological polar surface area (TPSA) is 78.4 Å². The molecule has 2 N–H and O–H groups in total. The van der Waals surface area contributed by atoms with Gasteiger partial charge >= 0.3 is 6.61 Å². The van der Waals surface area contributed by atoms with E-state index in [1.54, 1.807) is 13.3 Å². The number of anilines is 1. The molecule has 1 aliphatic heterocycles. The number of pyridine rings is 1. The lowest BCUT2D eigenvalue weighted by Gasteiger charge is -2.26. The zero-order chi connectivity index (χ0) is 22.6. The Kier molecular flexibility index (Phi) is 5.57. The molecule has 3 aliphatic rings. The van der Waals surface area contributed by atoms with Crippen molar-refractivity contribution < 1.29 is 18.3 Å². The average molecular weight is 448 g/mol. The van der Waals surface area contributed by atoms with Crippen LogP contribution < -0.4 is 10.5 Å². The SMILES string of the molecule is CO[C@H]1CCN(C2CC3C(C2)C3c2cc(-c3cnc(N)c(OC(F)F)c3)nn2C(C)C)C1. The maximum Gasteiger partial charge on any atom is 0.387 e. The van der Waals surface area contributed by atoms with Crippen molar-refractivity contribution in [2.75, 3.05) is 25.9 Å². The number of rotatable bonds is 7. The molecule has 0 bridgehead atoms. The molecule has 5 rings (SSSR count). The van der Waals surface area contributed by atoms with Crippen molar-refractivity contribution >= 4 is 5.82 Å². The summed E-state index contributed by atoms with van der Waals surface area (Å²) in [4.78, 5) is 6.64. The number of aromatic nitrogens is 3. The average Bonchev–Trinajstić information content (AvgIpc) is 3.23. The molecule has 2 aromatic rings. The van der Waals surface area contributed by atoms with Crippen LogP contribution in [0.5, 0.6) is 5.75 Å². The third-order valence-electron chi connectivity index (χ3n) is 7.44. The number of nitrogens with two attached hydrogens (primary N) is 1. The first kappa shape index (κ1) is 21.6. The number of likely N-dealkylation sites (tertiary alicyclic amines) is 1. The summed E-state index contributed by atoms with van der Waals surface area (Å²) in [5.74, 6) is 1.70. The Morgan fingerprint density at radius 2 is 1.94 bits per heavy atom. The molecule has 3 heterocycles. The number of methoxy groups -OCH3 is 1. The van der Waals surface area contributed by atoms with E-state index in [0.717, 1.165) is 19.5 Å². The Hall–Kier alpha value is -2.26. The summed E-state index contributed by atoms with van der Waals surface area (Å²) >= 11 is 0. The number of ether oxygens (including phenoxy) is 2. The Morgan fingerprint density at radius 1 is 1.19 bits per heavy atom.